The molecule has 4 aliphatic rings. The van der Waals surface area contributed by atoms with Crippen molar-refractivity contribution in [3.05, 3.63) is 23.8 Å². The van der Waals surface area contributed by atoms with E-state index in [0.717, 1.165) is 37.0 Å². The van der Waals surface area contributed by atoms with Crippen molar-refractivity contribution in [1.29, 1.82) is 0 Å². The molecule has 1 aliphatic heterocycles. The quantitative estimate of drug-likeness (QED) is 0.589. The summed E-state index contributed by atoms with van der Waals surface area (Å²) >= 11 is 2.41. The molecule has 18 heavy (non-hydrogen) atoms. The molecule has 3 saturated carbocycles. The van der Waals surface area contributed by atoms with Gasteiger partial charge < -0.3 is 4.74 Å². The standard InChI is InChI=1S/C13H13IO3S/c14-12-6-13(7-12,8-12)18(15,16)10-1-2-11-9(5-10)3-4-17-11/h1-2,5H,3-4,6-8H2. The molecule has 0 amide bonds. The highest BCUT2D eigenvalue weighted by molar-refractivity contribution is 14.1. The zero-order valence-corrected chi connectivity index (χ0v) is 12.8. The molecule has 0 atom stereocenters. The van der Waals surface area contributed by atoms with E-state index < -0.39 is 14.6 Å². The highest BCUT2D eigenvalue weighted by Crippen LogP contribution is 2.70. The summed E-state index contributed by atoms with van der Waals surface area (Å²) in [6, 6.07) is 5.33. The summed E-state index contributed by atoms with van der Waals surface area (Å²) < 4.78 is 30.6. The van der Waals surface area contributed by atoms with Gasteiger partial charge in [0.2, 0.25) is 0 Å². The van der Waals surface area contributed by atoms with Crippen LogP contribution in [0.2, 0.25) is 0 Å². The SMILES string of the molecule is O=S(=O)(c1ccc2c(c1)CCO2)C12CC(I)(C1)C2. The minimum absolute atomic E-state index is 0.282. The van der Waals surface area contributed by atoms with E-state index in [0.29, 0.717) is 11.5 Å². The highest BCUT2D eigenvalue weighted by atomic mass is 127. The van der Waals surface area contributed by atoms with Gasteiger partial charge in [0, 0.05) is 9.84 Å². The van der Waals surface area contributed by atoms with Crippen molar-refractivity contribution in [2.24, 2.45) is 0 Å². The Morgan fingerprint density at radius 1 is 1.22 bits per heavy atom. The van der Waals surface area contributed by atoms with Crippen molar-refractivity contribution in [2.75, 3.05) is 6.61 Å². The van der Waals surface area contributed by atoms with Crippen LogP contribution in [0.25, 0.3) is 0 Å². The number of fused-ring (bicyclic) bond motifs is 1. The molecule has 1 heterocycles. The smallest absolute Gasteiger partial charge is 0.184 e. The summed E-state index contributed by atoms with van der Waals surface area (Å²) in [5, 5.41) is 0. The van der Waals surface area contributed by atoms with E-state index in [2.05, 4.69) is 22.6 Å². The van der Waals surface area contributed by atoms with Gasteiger partial charge in [0.1, 0.15) is 5.75 Å². The molecule has 0 unspecified atom stereocenters. The topological polar surface area (TPSA) is 43.4 Å². The molecule has 96 valence electrons. The second-order valence-corrected chi connectivity index (χ2v) is 10.4. The Hall–Kier alpha value is -0.300. The molecule has 0 aromatic heterocycles. The second kappa shape index (κ2) is 3.23. The third-order valence-electron chi connectivity index (χ3n) is 4.46. The van der Waals surface area contributed by atoms with Crippen LogP contribution in [0.4, 0.5) is 0 Å². The number of sulfone groups is 1. The van der Waals surface area contributed by atoms with Crippen LogP contribution in [0.5, 0.6) is 5.75 Å². The number of ether oxygens (including phenoxy) is 1. The molecule has 2 bridgehead atoms. The Bertz CT molecular complexity index is 630. The molecule has 1 aromatic rings. The van der Waals surface area contributed by atoms with Crippen molar-refractivity contribution in [1.82, 2.24) is 0 Å². The summed E-state index contributed by atoms with van der Waals surface area (Å²) in [4.78, 5) is 0.491. The third-order valence-corrected chi connectivity index (χ3v) is 8.05. The Labute approximate surface area is 120 Å². The summed E-state index contributed by atoms with van der Waals surface area (Å²) in [6.45, 7) is 0.667. The van der Waals surface area contributed by atoms with Crippen LogP contribution in [0.1, 0.15) is 24.8 Å². The van der Waals surface area contributed by atoms with Gasteiger partial charge in [-0.2, -0.15) is 0 Å². The van der Waals surface area contributed by atoms with Gasteiger partial charge >= 0.3 is 0 Å². The number of benzene rings is 1. The molecular formula is C13H13IO3S. The van der Waals surface area contributed by atoms with Gasteiger partial charge in [0.15, 0.2) is 9.84 Å². The maximum absolute atomic E-state index is 12.7. The monoisotopic (exact) mass is 376 g/mol. The van der Waals surface area contributed by atoms with Crippen LogP contribution < -0.4 is 4.74 Å². The highest BCUT2D eigenvalue weighted by Gasteiger charge is 2.73. The van der Waals surface area contributed by atoms with Crippen molar-refractivity contribution < 1.29 is 13.2 Å². The number of hydrogen-bond acceptors (Lipinski definition) is 3. The molecule has 3 fully saturated rings. The average Bonchev–Trinajstić information content (AvgIpc) is 2.70. The van der Waals surface area contributed by atoms with E-state index in [1.54, 1.807) is 12.1 Å². The van der Waals surface area contributed by atoms with Gasteiger partial charge in [-0.15, -0.1) is 0 Å². The summed E-state index contributed by atoms with van der Waals surface area (Å²) in [5.74, 6) is 0.844. The minimum Gasteiger partial charge on any atom is -0.493 e. The lowest BCUT2D eigenvalue weighted by Gasteiger charge is -2.66. The Morgan fingerprint density at radius 3 is 2.61 bits per heavy atom. The predicted octanol–water partition coefficient (Wildman–Crippen LogP) is 2.51. The van der Waals surface area contributed by atoms with Crippen LogP contribution in [0, 0.1) is 0 Å². The first-order valence-electron chi connectivity index (χ1n) is 6.14. The Morgan fingerprint density at radius 2 is 1.94 bits per heavy atom. The zero-order chi connectivity index (χ0) is 12.6. The van der Waals surface area contributed by atoms with Crippen LogP contribution in [0.3, 0.4) is 0 Å². The number of halogens is 1. The van der Waals surface area contributed by atoms with E-state index in [9.17, 15) is 8.42 Å². The number of rotatable bonds is 2. The van der Waals surface area contributed by atoms with E-state index in [-0.39, 0.29) is 3.42 Å². The fraction of sp³-hybridized carbons (Fsp3) is 0.538. The van der Waals surface area contributed by atoms with E-state index >= 15 is 0 Å². The van der Waals surface area contributed by atoms with Gasteiger partial charge in [-0.05, 0) is 43.0 Å². The first kappa shape index (κ1) is 11.5. The lowest BCUT2D eigenvalue weighted by molar-refractivity contribution is 0.103. The maximum Gasteiger partial charge on any atom is 0.184 e. The average molecular weight is 376 g/mol. The molecule has 5 heteroatoms. The zero-order valence-electron chi connectivity index (χ0n) is 9.78. The van der Waals surface area contributed by atoms with Gasteiger partial charge in [-0.25, -0.2) is 8.42 Å². The van der Waals surface area contributed by atoms with Crippen molar-refractivity contribution in [2.45, 2.75) is 38.7 Å². The fourth-order valence-electron chi connectivity index (χ4n) is 3.44. The normalized spacial score (nSPS) is 36.3. The molecule has 3 nitrogen and oxygen atoms in total. The summed E-state index contributed by atoms with van der Waals surface area (Å²) in [7, 11) is -3.16. The summed E-state index contributed by atoms with van der Waals surface area (Å²) in [5.41, 5.74) is 1.03. The van der Waals surface area contributed by atoms with Crippen LogP contribution in [-0.4, -0.2) is 23.2 Å². The Kier molecular flexibility index (Phi) is 2.07. The van der Waals surface area contributed by atoms with Crippen molar-refractivity contribution >= 4 is 32.4 Å². The molecule has 0 N–H and O–H groups in total. The van der Waals surface area contributed by atoms with Gasteiger partial charge in [0.25, 0.3) is 0 Å². The van der Waals surface area contributed by atoms with Crippen molar-refractivity contribution in [3.63, 3.8) is 0 Å². The van der Waals surface area contributed by atoms with E-state index in [1.165, 1.54) is 0 Å². The lowest BCUT2D eigenvalue weighted by Crippen LogP contribution is -2.71. The summed E-state index contributed by atoms with van der Waals surface area (Å²) in [6.07, 6.45) is 3.31. The molecule has 3 aliphatic carbocycles. The molecule has 1 aromatic carbocycles. The van der Waals surface area contributed by atoms with Crippen LogP contribution in [-0.2, 0) is 16.3 Å². The van der Waals surface area contributed by atoms with Crippen LogP contribution >= 0.6 is 22.6 Å². The molecule has 0 spiro atoms. The maximum atomic E-state index is 12.7. The van der Waals surface area contributed by atoms with E-state index in [1.807, 2.05) is 6.07 Å². The first-order chi connectivity index (χ1) is 8.44. The van der Waals surface area contributed by atoms with Gasteiger partial charge in [-0.1, -0.05) is 22.6 Å². The lowest BCUT2D eigenvalue weighted by atomic mass is 9.55. The largest absolute Gasteiger partial charge is 0.493 e. The van der Waals surface area contributed by atoms with Crippen molar-refractivity contribution in [3.8, 4) is 5.75 Å². The Balaban J connectivity index is 1.75. The van der Waals surface area contributed by atoms with Gasteiger partial charge in [-0.3, -0.25) is 0 Å². The van der Waals surface area contributed by atoms with Crippen LogP contribution in [0.15, 0.2) is 23.1 Å². The predicted molar refractivity (Wildman–Crippen MR) is 76.2 cm³/mol. The minimum atomic E-state index is -3.16. The second-order valence-electron chi connectivity index (χ2n) is 5.74. The molecule has 0 radical (unpaired) electrons. The third kappa shape index (κ3) is 1.27. The number of alkyl halides is 1. The molecule has 5 rings (SSSR count). The fourth-order valence-corrected chi connectivity index (χ4v) is 8.85. The first-order valence-corrected chi connectivity index (χ1v) is 8.70. The van der Waals surface area contributed by atoms with E-state index in [4.69, 9.17) is 4.74 Å². The molecule has 0 saturated heterocycles. The number of hydrogen-bond donors (Lipinski definition) is 0. The van der Waals surface area contributed by atoms with Gasteiger partial charge in [0.05, 0.1) is 16.2 Å². The molecular weight excluding hydrogens is 363 g/mol.